The third kappa shape index (κ3) is 2.44. The van der Waals surface area contributed by atoms with Crippen LogP contribution in [-0.4, -0.2) is 18.9 Å². The number of esters is 1. The fourth-order valence-corrected chi connectivity index (χ4v) is 0.258. The molecule has 0 atom stereocenters. The lowest BCUT2D eigenvalue weighted by Crippen LogP contribution is -2.13. The third-order valence-electron chi connectivity index (χ3n) is 0.653. The molecule has 0 spiro atoms. The van der Waals surface area contributed by atoms with Crippen molar-refractivity contribution >= 4 is 11.8 Å². The van der Waals surface area contributed by atoms with Gasteiger partial charge in [0.05, 0.1) is 13.2 Å². The van der Waals surface area contributed by atoms with Crippen molar-refractivity contribution in [2.24, 2.45) is 0 Å². The monoisotopic (exact) mass is 127 g/mol. The van der Waals surface area contributed by atoms with Gasteiger partial charge in [0.2, 0.25) is 0 Å². The summed E-state index contributed by atoms with van der Waals surface area (Å²) in [6, 6.07) is 1.53. The van der Waals surface area contributed by atoms with Gasteiger partial charge in [0.25, 0.3) is 5.78 Å². The Kier molecular flexibility index (Phi) is 3.06. The van der Waals surface area contributed by atoms with Crippen LogP contribution < -0.4 is 0 Å². The van der Waals surface area contributed by atoms with E-state index in [0.717, 1.165) is 7.11 Å². The number of carbonyl (C=O) groups is 2. The van der Waals surface area contributed by atoms with Crippen molar-refractivity contribution in [1.29, 1.82) is 5.26 Å². The van der Waals surface area contributed by atoms with Crippen molar-refractivity contribution < 1.29 is 14.3 Å². The molecule has 0 saturated heterocycles. The van der Waals surface area contributed by atoms with Gasteiger partial charge < -0.3 is 4.74 Å². The smallest absolute Gasteiger partial charge is 0.375 e. The SMILES string of the molecule is COC(=O)C(=O)CC#N. The lowest BCUT2D eigenvalue weighted by Gasteiger charge is -1.89. The van der Waals surface area contributed by atoms with E-state index in [9.17, 15) is 9.59 Å². The molecular formula is C5H5NO3. The second-order valence-electron chi connectivity index (χ2n) is 1.25. The predicted octanol–water partition coefficient (Wildman–Crippen LogP) is -0.358. The summed E-state index contributed by atoms with van der Waals surface area (Å²) < 4.78 is 4.02. The topological polar surface area (TPSA) is 67.2 Å². The van der Waals surface area contributed by atoms with Gasteiger partial charge in [-0.3, -0.25) is 4.79 Å². The summed E-state index contributed by atoms with van der Waals surface area (Å²) in [6.07, 6.45) is -0.410. The molecule has 4 nitrogen and oxygen atoms in total. The number of hydrogen-bond acceptors (Lipinski definition) is 4. The molecule has 0 aromatic carbocycles. The van der Waals surface area contributed by atoms with E-state index in [-0.39, 0.29) is 0 Å². The summed E-state index contributed by atoms with van der Waals surface area (Å²) in [5.41, 5.74) is 0. The lowest BCUT2D eigenvalue weighted by molar-refractivity contribution is -0.151. The van der Waals surface area contributed by atoms with Crippen LogP contribution in [0, 0.1) is 11.3 Å². The first kappa shape index (κ1) is 7.63. The Balaban J connectivity index is 3.77. The first-order valence-corrected chi connectivity index (χ1v) is 2.20. The van der Waals surface area contributed by atoms with Crippen molar-refractivity contribution in [3.63, 3.8) is 0 Å². The van der Waals surface area contributed by atoms with E-state index < -0.39 is 18.2 Å². The van der Waals surface area contributed by atoms with E-state index in [1.165, 1.54) is 6.07 Å². The maximum atomic E-state index is 10.3. The molecule has 0 aromatic heterocycles. The van der Waals surface area contributed by atoms with E-state index in [1.807, 2.05) is 0 Å². The quantitative estimate of drug-likeness (QED) is 0.375. The highest BCUT2D eigenvalue weighted by Crippen LogP contribution is 1.82. The molecule has 0 N–H and O–H groups in total. The summed E-state index contributed by atoms with van der Waals surface area (Å²) in [6.45, 7) is 0. The summed E-state index contributed by atoms with van der Waals surface area (Å²) in [5, 5.41) is 7.90. The Labute approximate surface area is 52.0 Å². The van der Waals surface area contributed by atoms with Gasteiger partial charge >= 0.3 is 5.97 Å². The number of ether oxygens (including phenoxy) is 1. The molecule has 0 aliphatic heterocycles. The number of Topliss-reactive ketones (excluding diaryl/α,β-unsaturated/α-hetero) is 1. The summed E-state index contributed by atoms with van der Waals surface area (Å²) in [5.74, 6) is -1.77. The average molecular weight is 127 g/mol. The second kappa shape index (κ2) is 3.61. The van der Waals surface area contributed by atoms with E-state index in [4.69, 9.17) is 5.26 Å². The molecule has 4 heteroatoms. The number of methoxy groups -OCH3 is 1. The van der Waals surface area contributed by atoms with Gasteiger partial charge in [0.15, 0.2) is 0 Å². The molecule has 0 amide bonds. The van der Waals surface area contributed by atoms with E-state index in [2.05, 4.69) is 4.74 Å². The fourth-order valence-electron chi connectivity index (χ4n) is 0.258. The molecular weight excluding hydrogens is 122 g/mol. The summed E-state index contributed by atoms with van der Waals surface area (Å²) >= 11 is 0. The number of nitrogens with zero attached hydrogens (tertiary/aromatic N) is 1. The maximum absolute atomic E-state index is 10.3. The lowest BCUT2D eigenvalue weighted by atomic mass is 10.3. The molecule has 0 bridgehead atoms. The predicted molar refractivity (Wildman–Crippen MR) is 27.3 cm³/mol. The van der Waals surface area contributed by atoms with Gasteiger partial charge in [0.1, 0.15) is 6.42 Å². The zero-order valence-electron chi connectivity index (χ0n) is 4.88. The van der Waals surface area contributed by atoms with Gasteiger partial charge in [-0.1, -0.05) is 0 Å². The number of carbonyl (C=O) groups excluding carboxylic acids is 2. The molecule has 0 aliphatic carbocycles. The third-order valence-corrected chi connectivity index (χ3v) is 0.653. The summed E-state index contributed by atoms with van der Waals surface area (Å²) in [4.78, 5) is 20.5. The van der Waals surface area contributed by atoms with Crippen molar-refractivity contribution in [2.75, 3.05) is 7.11 Å². The van der Waals surface area contributed by atoms with Crippen molar-refractivity contribution in [1.82, 2.24) is 0 Å². The standard InChI is InChI=1S/C5H5NO3/c1-9-5(8)4(7)2-3-6/h2H2,1H3. The largest absolute Gasteiger partial charge is 0.463 e. The molecule has 0 unspecified atom stereocenters. The van der Waals surface area contributed by atoms with Crippen LogP contribution in [0.4, 0.5) is 0 Å². The number of nitriles is 1. The molecule has 0 fully saturated rings. The first-order chi connectivity index (χ1) is 4.22. The van der Waals surface area contributed by atoms with Crippen LogP contribution in [-0.2, 0) is 14.3 Å². The van der Waals surface area contributed by atoms with Crippen LogP contribution in [0.2, 0.25) is 0 Å². The Morgan fingerprint density at radius 2 is 2.22 bits per heavy atom. The van der Waals surface area contributed by atoms with E-state index >= 15 is 0 Å². The number of hydrogen-bond donors (Lipinski definition) is 0. The van der Waals surface area contributed by atoms with Crippen LogP contribution >= 0.6 is 0 Å². The molecule has 0 radical (unpaired) electrons. The van der Waals surface area contributed by atoms with Crippen molar-refractivity contribution in [2.45, 2.75) is 6.42 Å². The van der Waals surface area contributed by atoms with Crippen molar-refractivity contribution in [3.05, 3.63) is 0 Å². The minimum Gasteiger partial charge on any atom is -0.463 e. The van der Waals surface area contributed by atoms with Crippen LogP contribution in [0.1, 0.15) is 6.42 Å². The highest BCUT2D eigenvalue weighted by Gasteiger charge is 2.11. The number of ketones is 1. The Morgan fingerprint density at radius 3 is 2.56 bits per heavy atom. The molecule has 48 valence electrons. The van der Waals surface area contributed by atoms with Gasteiger partial charge in [0, 0.05) is 0 Å². The van der Waals surface area contributed by atoms with Crippen LogP contribution in [0.5, 0.6) is 0 Å². The Bertz CT molecular complexity index is 168. The first-order valence-electron chi connectivity index (χ1n) is 2.20. The van der Waals surface area contributed by atoms with Crippen LogP contribution in [0.25, 0.3) is 0 Å². The van der Waals surface area contributed by atoms with Crippen LogP contribution in [0.15, 0.2) is 0 Å². The molecule has 0 heterocycles. The highest BCUT2D eigenvalue weighted by molar-refractivity contribution is 6.34. The van der Waals surface area contributed by atoms with Gasteiger partial charge in [-0.2, -0.15) is 5.26 Å². The molecule has 9 heavy (non-hydrogen) atoms. The highest BCUT2D eigenvalue weighted by atomic mass is 16.5. The average Bonchev–Trinajstić information content (AvgIpc) is 1.87. The van der Waals surface area contributed by atoms with Gasteiger partial charge in [-0.15, -0.1) is 0 Å². The Morgan fingerprint density at radius 1 is 1.67 bits per heavy atom. The summed E-state index contributed by atoms with van der Waals surface area (Å²) in [7, 11) is 1.09. The molecule has 0 saturated carbocycles. The fraction of sp³-hybridized carbons (Fsp3) is 0.400. The number of rotatable bonds is 2. The van der Waals surface area contributed by atoms with Crippen molar-refractivity contribution in [3.8, 4) is 6.07 Å². The minimum absolute atomic E-state index is 0.410. The minimum atomic E-state index is -0.962. The van der Waals surface area contributed by atoms with Gasteiger partial charge in [-0.05, 0) is 0 Å². The zero-order valence-corrected chi connectivity index (χ0v) is 4.88. The Hall–Kier alpha value is -1.37. The molecule has 0 aromatic rings. The zero-order chi connectivity index (χ0) is 7.28. The normalized spacial score (nSPS) is 7.56. The van der Waals surface area contributed by atoms with Gasteiger partial charge in [-0.25, -0.2) is 4.79 Å². The van der Waals surface area contributed by atoms with E-state index in [0.29, 0.717) is 0 Å². The maximum Gasteiger partial charge on any atom is 0.375 e. The molecule has 0 rings (SSSR count). The molecule has 0 aliphatic rings. The van der Waals surface area contributed by atoms with E-state index in [1.54, 1.807) is 0 Å². The van der Waals surface area contributed by atoms with Crippen LogP contribution in [0.3, 0.4) is 0 Å². The second-order valence-corrected chi connectivity index (χ2v) is 1.25.